The topological polar surface area (TPSA) is 82.3 Å². The monoisotopic (exact) mass is 437 g/mol. The van der Waals surface area contributed by atoms with Crippen LogP contribution in [-0.4, -0.2) is 32.4 Å². The minimum Gasteiger partial charge on any atom is -0.455 e. The van der Waals surface area contributed by atoms with Gasteiger partial charge in [0.05, 0.1) is 5.69 Å². The number of benzene rings is 3. The summed E-state index contributed by atoms with van der Waals surface area (Å²) in [6, 6.07) is 18.0. The summed E-state index contributed by atoms with van der Waals surface area (Å²) >= 11 is 0. The van der Waals surface area contributed by atoms with Crippen LogP contribution >= 0.6 is 0 Å². The van der Waals surface area contributed by atoms with Crippen LogP contribution in [0.3, 0.4) is 0 Å². The fourth-order valence-corrected chi connectivity index (χ4v) is 3.10. The molecular formula is C22H17F2N5O3. The Morgan fingerprint density at radius 2 is 1.59 bits per heavy atom. The van der Waals surface area contributed by atoms with Gasteiger partial charge < -0.3 is 4.74 Å². The van der Waals surface area contributed by atoms with Gasteiger partial charge in [0.15, 0.2) is 17.4 Å². The van der Waals surface area contributed by atoms with Crippen LogP contribution < -0.4 is 15.3 Å². The molecule has 3 aromatic carbocycles. The number of anilines is 1. The summed E-state index contributed by atoms with van der Waals surface area (Å²) < 4.78 is 34.9. The zero-order chi connectivity index (χ0) is 22.7. The van der Waals surface area contributed by atoms with Crippen molar-refractivity contribution in [3.05, 3.63) is 94.9 Å². The van der Waals surface area contributed by atoms with Crippen molar-refractivity contribution in [3.63, 3.8) is 0 Å². The Morgan fingerprint density at radius 1 is 0.938 bits per heavy atom. The summed E-state index contributed by atoms with van der Waals surface area (Å²) in [6.45, 7) is 1.85. The van der Waals surface area contributed by atoms with Gasteiger partial charge in [-0.3, -0.25) is 4.90 Å². The molecule has 1 heterocycles. The molecular weight excluding hydrogens is 420 g/mol. The molecule has 0 radical (unpaired) electrons. The molecule has 0 saturated heterocycles. The second-order valence-electron chi connectivity index (χ2n) is 6.57. The Morgan fingerprint density at radius 3 is 2.28 bits per heavy atom. The summed E-state index contributed by atoms with van der Waals surface area (Å²) in [4.78, 5) is 27.1. The van der Waals surface area contributed by atoms with Gasteiger partial charge in [0.2, 0.25) is 0 Å². The fourth-order valence-electron chi connectivity index (χ4n) is 3.10. The lowest BCUT2D eigenvalue weighted by Crippen LogP contribution is -2.41. The van der Waals surface area contributed by atoms with Crippen molar-refractivity contribution in [1.82, 2.24) is 19.8 Å². The number of amides is 1. The molecule has 0 spiro atoms. The van der Waals surface area contributed by atoms with Crippen LogP contribution in [0.2, 0.25) is 0 Å². The van der Waals surface area contributed by atoms with Crippen LogP contribution in [0.5, 0.6) is 11.5 Å². The molecule has 0 fully saturated rings. The Hall–Kier alpha value is -4.34. The first-order chi connectivity index (χ1) is 15.5. The third-order valence-corrected chi connectivity index (χ3v) is 4.59. The van der Waals surface area contributed by atoms with E-state index in [9.17, 15) is 18.4 Å². The van der Waals surface area contributed by atoms with E-state index in [2.05, 4.69) is 10.4 Å². The number of hydrogen-bond donors (Lipinski definition) is 0. The van der Waals surface area contributed by atoms with Gasteiger partial charge in [-0.05, 0) is 53.7 Å². The highest BCUT2D eigenvalue weighted by molar-refractivity contribution is 5.94. The van der Waals surface area contributed by atoms with Crippen molar-refractivity contribution in [3.8, 4) is 17.2 Å². The first-order valence-corrected chi connectivity index (χ1v) is 9.64. The van der Waals surface area contributed by atoms with Crippen LogP contribution in [0.15, 0.2) is 77.6 Å². The number of para-hydroxylation sites is 4. The van der Waals surface area contributed by atoms with Crippen molar-refractivity contribution in [1.29, 1.82) is 0 Å². The van der Waals surface area contributed by atoms with Crippen LogP contribution in [0.4, 0.5) is 19.3 Å². The highest BCUT2D eigenvalue weighted by Crippen LogP contribution is 2.32. The molecule has 8 nitrogen and oxygen atoms in total. The molecule has 4 aromatic rings. The Bertz CT molecular complexity index is 1300. The van der Waals surface area contributed by atoms with Gasteiger partial charge in [-0.1, -0.05) is 36.4 Å². The maximum atomic E-state index is 14.1. The molecule has 0 N–H and O–H groups in total. The lowest BCUT2D eigenvalue weighted by molar-refractivity contribution is 0.244. The molecule has 4 rings (SSSR count). The maximum absolute atomic E-state index is 14.1. The van der Waals surface area contributed by atoms with Crippen molar-refractivity contribution in [2.75, 3.05) is 11.4 Å². The Balaban J connectivity index is 1.71. The average molecular weight is 437 g/mol. The van der Waals surface area contributed by atoms with Crippen molar-refractivity contribution >= 4 is 11.7 Å². The number of carbonyl (C=O) groups is 1. The van der Waals surface area contributed by atoms with Crippen molar-refractivity contribution in [2.45, 2.75) is 6.92 Å². The van der Waals surface area contributed by atoms with Crippen LogP contribution in [-0.2, 0) is 0 Å². The van der Waals surface area contributed by atoms with Gasteiger partial charge >= 0.3 is 11.7 Å². The largest absolute Gasteiger partial charge is 0.455 e. The molecule has 10 heteroatoms. The van der Waals surface area contributed by atoms with E-state index in [0.29, 0.717) is 26.6 Å². The highest BCUT2D eigenvalue weighted by Gasteiger charge is 2.26. The summed E-state index contributed by atoms with van der Waals surface area (Å²) in [5.41, 5.74) is -1.45. The molecule has 0 bridgehead atoms. The smallest absolute Gasteiger partial charge is 0.377 e. The highest BCUT2D eigenvalue weighted by atomic mass is 19.1. The van der Waals surface area contributed by atoms with E-state index < -0.39 is 29.0 Å². The number of halogens is 2. The number of ether oxygens (including phenoxy) is 1. The Labute approximate surface area is 180 Å². The summed E-state index contributed by atoms with van der Waals surface area (Å²) in [5.74, 6) is -1.10. The van der Waals surface area contributed by atoms with Crippen LogP contribution in [0, 0.1) is 11.6 Å². The van der Waals surface area contributed by atoms with Gasteiger partial charge in [-0.25, -0.2) is 18.4 Å². The fraction of sp³-hybridized carbons (Fsp3) is 0.0909. The van der Waals surface area contributed by atoms with E-state index in [1.165, 1.54) is 4.90 Å². The zero-order valence-corrected chi connectivity index (χ0v) is 16.9. The van der Waals surface area contributed by atoms with Crippen LogP contribution in [0.1, 0.15) is 6.92 Å². The van der Waals surface area contributed by atoms with Gasteiger partial charge in [0.1, 0.15) is 11.4 Å². The average Bonchev–Trinajstić information content (AvgIpc) is 3.17. The number of aromatic nitrogens is 4. The van der Waals surface area contributed by atoms with Crippen molar-refractivity contribution < 1.29 is 18.3 Å². The number of hydrogen-bond acceptors (Lipinski definition) is 5. The molecule has 1 aromatic heterocycles. The summed E-state index contributed by atoms with van der Waals surface area (Å²) in [7, 11) is 0. The molecule has 1 amide bonds. The third kappa shape index (κ3) is 3.85. The van der Waals surface area contributed by atoms with E-state index in [4.69, 9.17) is 4.74 Å². The zero-order valence-electron chi connectivity index (χ0n) is 16.9. The number of rotatable bonds is 5. The third-order valence-electron chi connectivity index (χ3n) is 4.59. The van der Waals surface area contributed by atoms with Gasteiger partial charge in [-0.15, -0.1) is 4.68 Å². The first kappa shape index (κ1) is 20.9. The number of nitrogens with zero attached hydrogens (tertiary/aromatic N) is 5. The molecule has 0 aliphatic carbocycles. The van der Waals surface area contributed by atoms with E-state index in [1.54, 1.807) is 55.5 Å². The minimum atomic E-state index is -1.11. The standard InChI is InChI=1S/C22H17F2N5O3/c1-2-27(18-13-6-7-14-19(18)32-15-9-4-3-5-10-15)21(30)29-22(31)28(25-26-29)20-16(23)11-8-12-17(20)24/h3-14H,2H2,1H3. The normalized spacial score (nSPS) is 10.7. The Kier molecular flexibility index (Phi) is 5.75. The SMILES string of the molecule is CCN(C(=O)n1nnn(-c2c(F)cccc2F)c1=O)c1ccccc1Oc1ccccc1. The van der Waals surface area contributed by atoms with E-state index in [1.807, 2.05) is 6.07 Å². The van der Waals surface area contributed by atoms with E-state index in [0.717, 1.165) is 18.2 Å². The number of tetrazole rings is 1. The van der Waals surface area contributed by atoms with Crippen LogP contribution in [0.25, 0.3) is 5.69 Å². The summed E-state index contributed by atoms with van der Waals surface area (Å²) in [6.07, 6.45) is 0. The van der Waals surface area contributed by atoms with Gasteiger partial charge in [0, 0.05) is 6.54 Å². The molecule has 0 aliphatic heterocycles. The van der Waals surface area contributed by atoms with E-state index in [-0.39, 0.29) is 6.54 Å². The lowest BCUT2D eigenvalue weighted by atomic mass is 10.2. The molecule has 32 heavy (non-hydrogen) atoms. The lowest BCUT2D eigenvalue weighted by Gasteiger charge is -2.22. The second kappa shape index (κ2) is 8.80. The number of carbonyl (C=O) groups excluding carboxylic acids is 1. The molecule has 0 atom stereocenters. The first-order valence-electron chi connectivity index (χ1n) is 9.64. The predicted molar refractivity (Wildman–Crippen MR) is 112 cm³/mol. The molecule has 162 valence electrons. The molecule has 0 unspecified atom stereocenters. The summed E-state index contributed by atoms with van der Waals surface area (Å²) in [5, 5.41) is 7.02. The predicted octanol–water partition coefficient (Wildman–Crippen LogP) is 3.99. The van der Waals surface area contributed by atoms with E-state index >= 15 is 0 Å². The minimum absolute atomic E-state index is 0.154. The van der Waals surface area contributed by atoms with Crippen molar-refractivity contribution in [2.24, 2.45) is 0 Å². The van der Waals surface area contributed by atoms with Gasteiger partial charge in [-0.2, -0.15) is 4.68 Å². The maximum Gasteiger partial charge on any atom is 0.377 e. The quantitative estimate of drug-likeness (QED) is 0.441. The van der Waals surface area contributed by atoms with Gasteiger partial charge in [0.25, 0.3) is 0 Å². The second-order valence-corrected chi connectivity index (χ2v) is 6.57. The molecule has 0 saturated carbocycles. The molecule has 0 aliphatic rings.